The normalized spacial score (nSPS) is 26.4. The van der Waals surface area contributed by atoms with E-state index in [1.807, 2.05) is 24.3 Å². The molecule has 0 aliphatic heterocycles. The van der Waals surface area contributed by atoms with Gasteiger partial charge in [0.1, 0.15) is 5.75 Å². The van der Waals surface area contributed by atoms with Crippen LogP contribution in [0.15, 0.2) is 28.7 Å². The predicted molar refractivity (Wildman–Crippen MR) is 92.7 cm³/mol. The van der Waals surface area contributed by atoms with E-state index < -0.39 is 0 Å². The van der Waals surface area contributed by atoms with Gasteiger partial charge in [0.25, 0.3) is 0 Å². The highest BCUT2D eigenvalue weighted by molar-refractivity contribution is 9.10. The molecule has 0 saturated heterocycles. The quantitative estimate of drug-likeness (QED) is 0.514. The van der Waals surface area contributed by atoms with Gasteiger partial charge < -0.3 is 4.74 Å². The first-order valence-corrected chi connectivity index (χ1v) is 9.42. The van der Waals surface area contributed by atoms with Crippen molar-refractivity contribution in [3.63, 3.8) is 0 Å². The monoisotopic (exact) mass is 402 g/mol. The molecule has 3 unspecified atom stereocenters. The maximum atomic E-state index is 5.88. The number of hydrogen-bond acceptors (Lipinski definition) is 1. The molecule has 3 atom stereocenters. The summed E-state index contributed by atoms with van der Waals surface area (Å²) in [6.07, 6.45) is 7.95. The molecule has 0 N–H and O–H groups in total. The van der Waals surface area contributed by atoms with Gasteiger partial charge in [-0.25, -0.2) is 0 Å². The van der Waals surface area contributed by atoms with Crippen LogP contribution in [0.2, 0.25) is 0 Å². The van der Waals surface area contributed by atoms with Gasteiger partial charge in [0.2, 0.25) is 0 Å². The van der Waals surface area contributed by atoms with E-state index in [1.54, 1.807) is 0 Å². The highest BCUT2D eigenvalue weighted by atomic mass is 79.9. The Morgan fingerprint density at radius 1 is 1.25 bits per heavy atom. The second-order valence-electron chi connectivity index (χ2n) is 5.84. The van der Waals surface area contributed by atoms with Crippen LogP contribution in [0.3, 0.4) is 0 Å². The van der Waals surface area contributed by atoms with Crippen molar-refractivity contribution in [3.8, 4) is 5.75 Å². The Morgan fingerprint density at radius 2 is 2.10 bits per heavy atom. The number of halogens is 2. The topological polar surface area (TPSA) is 9.23 Å². The Morgan fingerprint density at radius 3 is 2.85 bits per heavy atom. The fourth-order valence-electron chi connectivity index (χ4n) is 3.18. The highest BCUT2D eigenvalue weighted by Crippen LogP contribution is 2.37. The lowest BCUT2D eigenvalue weighted by Gasteiger charge is -2.33. The Balaban J connectivity index is 1.77. The molecule has 20 heavy (non-hydrogen) atoms. The average Bonchev–Trinajstić information content (AvgIpc) is 2.43. The smallest absolute Gasteiger partial charge is 0.120 e. The van der Waals surface area contributed by atoms with Gasteiger partial charge in [-0.2, -0.15) is 0 Å². The first-order chi connectivity index (χ1) is 9.69. The van der Waals surface area contributed by atoms with Crippen LogP contribution in [0.25, 0.3) is 0 Å². The van der Waals surface area contributed by atoms with E-state index in [-0.39, 0.29) is 0 Å². The van der Waals surface area contributed by atoms with Gasteiger partial charge in [0.05, 0.1) is 6.61 Å². The van der Waals surface area contributed by atoms with Gasteiger partial charge in [0.15, 0.2) is 0 Å². The zero-order valence-corrected chi connectivity index (χ0v) is 15.3. The fraction of sp³-hybridized carbons (Fsp3) is 0.647. The fourth-order valence-corrected chi connectivity index (χ4v) is 4.30. The summed E-state index contributed by atoms with van der Waals surface area (Å²) in [6.45, 7) is 3.12. The van der Waals surface area contributed by atoms with E-state index in [2.05, 4.69) is 38.8 Å². The molecule has 0 bridgehead atoms. The van der Waals surface area contributed by atoms with Crippen molar-refractivity contribution in [2.24, 2.45) is 11.8 Å². The van der Waals surface area contributed by atoms with Crippen molar-refractivity contribution in [2.45, 2.75) is 50.3 Å². The van der Waals surface area contributed by atoms with Gasteiger partial charge in [0, 0.05) is 9.30 Å². The molecule has 1 aromatic rings. The van der Waals surface area contributed by atoms with Gasteiger partial charge in [-0.15, -0.1) is 0 Å². The van der Waals surface area contributed by atoms with Crippen LogP contribution in [0.5, 0.6) is 5.75 Å². The minimum absolute atomic E-state index is 0.682. The minimum Gasteiger partial charge on any atom is -0.494 e. The van der Waals surface area contributed by atoms with Crippen molar-refractivity contribution < 1.29 is 4.74 Å². The summed E-state index contributed by atoms with van der Waals surface area (Å²) >= 11 is 7.35. The number of ether oxygens (including phenoxy) is 1. The van der Waals surface area contributed by atoms with Crippen LogP contribution in [0.4, 0.5) is 0 Å². The third-order valence-corrected chi connectivity index (χ3v) is 5.95. The number of benzene rings is 1. The summed E-state index contributed by atoms with van der Waals surface area (Å²) in [7, 11) is 0. The third kappa shape index (κ3) is 5.07. The summed E-state index contributed by atoms with van der Waals surface area (Å²) in [5.41, 5.74) is 0. The first kappa shape index (κ1) is 16.4. The Labute approximate surface area is 139 Å². The lowest BCUT2D eigenvalue weighted by atomic mass is 9.78. The molecule has 0 radical (unpaired) electrons. The lowest BCUT2D eigenvalue weighted by molar-refractivity contribution is 0.212. The van der Waals surface area contributed by atoms with Gasteiger partial charge in [-0.1, -0.05) is 57.7 Å². The molecule has 112 valence electrons. The molecule has 0 aromatic heterocycles. The molecule has 0 spiro atoms. The Hall–Kier alpha value is -0.0200. The van der Waals surface area contributed by atoms with Crippen molar-refractivity contribution in [2.75, 3.05) is 6.61 Å². The molecule has 0 amide bonds. The standard InChI is InChI=1S/C17H24Br2O/c1-2-4-13-7-8-17(19)14(11-13)9-10-20-16-6-3-5-15(18)12-16/h3,5-6,12-14,17H,2,4,7-11H2,1H3. The zero-order chi connectivity index (χ0) is 14.4. The van der Waals surface area contributed by atoms with Crippen molar-refractivity contribution >= 4 is 31.9 Å². The minimum atomic E-state index is 0.682. The second kappa shape index (κ2) is 8.43. The van der Waals surface area contributed by atoms with Crippen LogP contribution in [-0.2, 0) is 0 Å². The predicted octanol–water partition coefficient (Wildman–Crippen LogP) is 6.20. The Kier molecular flexibility index (Phi) is 6.89. The molecule has 0 heterocycles. The van der Waals surface area contributed by atoms with E-state index >= 15 is 0 Å². The third-order valence-electron chi connectivity index (χ3n) is 4.25. The van der Waals surface area contributed by atoms with Crippen LogP contribution in [0, 0.1) is 11.8 Å². The van der Waals surface area contributed by atoms with Gasteiger partial charge in [-0.05, 0) is 55.7 Å². The average molecular weight is 404 g/mol. The van der Waals surface area contributed by atoms with Crippen LogP contribution >= 0.6 is 31.9 Å². The molecule has 1 aliphatic rings. The first-order valence-electron chi connectivity index (χ1n) is 7.71. The summed E-state index contributed by atoms with van der Waals surface area (Å²) in [5.74, 6) is 2.67. The van der Waals surface area contributed by atoms with E-state index in [0.29, 0.717) is 4.83 Å². The van der Waals surface area contributed by atoms with Crippen molar-refractivity contribution in [1.82, 2.24) is 0 Å². The number of hydrogen-bond donors (Lipinski definition) is 0. The van der Waals surface area contributed by atoms with Gasteiger partial charge in [-0.3, -0.25) is 0 Å². The van der Waals surface area contributed by atoms with Crippen LogP contribution < -0.4 is 4.74 Å². The molecule has 2 rings (SSSR count). The van der Waals surface area contributed by atoms with Crippen molar-refractivity contribution in [3.05, 3.63) is 28.7 Å². The van der Waals surface area contributed by atoms with Crippen molar-refractivity contribution in [1.29, 1.82) is 0 Å². The summed E-state index contributed by atoms with van der Waals surface area (Å²) in [5, 5.41) is 0. The highest BCUT2D eigenvalue weighted by Gasteiger charge is 2.28. The molecule has 1 aliphatic carbocycles. The SMILES string of the molecule is CCCC1CCC(Br)C(CCOc2cccc(Br)c2)C1. The molecular weight excluding hydrogens is 380 g/mol. The number of alkyl halides is 1. The van der Waals surface area contributed by atoms with E-state index in [1.165, 1.54) is 32.1 Å². The summed E-state index contributed by atoms with van der Waals surface area (Å²) < 4.78 is 6.96. The summed E-state index contributed by atoms with van der Waals surface area (Å²) in [4.78, 5) is 0.682. The van der Waals surface area contributed by atoms with E-state index in [0.717, 1.165) is 35.1 Å². The van der Waals surface area contributed by atoms with Crippen LogP contribution in [0.1, 0.15) is 45.4 Å². The largest absolute Gasteiger partial charge is 0.494 e. The number of rotatable bonds is 6. The van der Waals surface area contributed by atoms with E-state index in [4.69, 9.17) is 4.74 Å². The maximum Gasteiger partial charge on any atom is 0.120 e. The molecule has 1 fully saturated rings. The molecular formula is C17H24Br2O. The maximum absolute atomic E-state index is 5.88. The van der Waals surface area contributed by atoms with E-state index in [9.17, 15) is 0 Å². The summed E-state index contributed by atoms with van der Waals surface area (Å²) in [6, 6.07) is 8.10. The lowest BCUT2D eigenvalue weighted by Crippen LogP contribution is -2.26. The zero-order valence-electron chi connectivity index (χ0n) is 12.2. The molecule has 1 saturated carbocycles. The second-order valence-corrected chi connectivity index (χ2v) is 7.93. The Bertz CT molecular complexity index is 408. The van der Waals surface area contributed by atoms with Gasteiger partial charge >= 0.3 is 0 Å². The molecule has 1 nitrogen and oxygen atoms in total. The van der Waals surface area contributed by atoms with Crippen LogP contribution in [-0.4, -0.2) is 11.4 Å². The molecule has 1 aromatic carbocycles. The molecule has 3 heteroatoms.